The molecular formula is C27H30N2O3. The lowest BCUT2D eigenvalue weighted by molar-refractivity contribution is 0.0991. The van der Waals surface area contributed by atoms with Gasteiger partial charge in [0.1, 0.15) is 5.75 Å². The molecule has 3 rings (SSSR count). The van der Waals surface area contributed by atoms with E-state index in [2.05, 4.69) is 12.2 Å². The van der Waals surface area contributed by atoms with Crippen molar-refractivity contribution in [3.63, 3.8) is 0 Å². The van der Waals surface area contributed by atoms with Gasteiger partial charge in [-0.15, -0.1) is 0 Å². The van der Waals surface area contributed by atoms with Crippen LogP contribution in [-0.4, -0.2) is 25.5 Å². The molecule has 0 radical (unpaired) electrons. The smallest absolute Gasteiger partial charge is 0.259 e. The second-order valence-corrected chi connectivity index (χ2v) is 7.64. The maximum absolute atomic E-state index is 12.8. The Kier molecular flexibility index (Phi) is 8.44. The van der Waals surface area contributed by atoms with Crippen LogP contribution >= 0.6 is 0 Å². The number of para-hydroxylation sites is 2. The Balaban J connectivity index is 1.62. The van der Waals surface area contributed by atoms with Crippen molar-refractivity contribution in [2.45, 2.75) is 32.6 Å². The van der Waals surface area contributed by atoms with Crippen molar-refractivity contribution in [1.29, 1.82) is 0 Å². The summed E-state index contributed by atoms with van der Waals surface area (Å²) in [6, 6.07) is 23.6. The number of rotatable bonds is 10. The highest BCUT2D eigenvalue weighted by Gasteiger charge is 2.15. The molecule has 3 aromatic rings. The van der Waals surface area contributed by atoms with E-state index in [-0.39, 0.29) is 11.8 Å². The summed E-state index contributed by atoms with van der Waals surface area (Å²) in [6.45, 7) is 2.76. The summed E-state index contributed by atoms with van der Waals surface area (Å²) >= 11 is 0. The Morgan fingerprint density at radius 3 is 2.25 bits per heavy atom. The number of ether oxygens (including phenoxy) is 1. The first-order valence-electron chi connectivity index (χ1n) is 11.1. The average molecular weight is 431 g/mol. The SMILES string of the molecule is CCCCCCOc1ccccc1C(=O)Nc1ccc(C(=O)N(C)c2ccccc2)cc1. The van der Waals surface area contributed by atoms with Gasteiger partial charge in [0.2, 0.25) is 0 Å². The summed E-state index contributed by atoms with van der Waals surface area (Å²) < 4.78 is 5.85. The van der Waals surface area contributed by atoms with Crippen LogP contribution < -0.4 is 15.0 Å². The van der Waals surface area contributed by atoms with Gasteiger partial charge in [0.25, 0.3) is 11.8 Å². The third-order valence-corrected chi connectivity index (χ3v) is 5.22. The number of carbonyl (C=O) groups is 2. The Hall–Kier alpha value is -3.60. The van der Waals surface area contributed by atoms with Crippen molar-refractivity contribution < 1.29 is 14.3 Å². The third-order valence-electron chi connectivity index (χ3n) is 5.22. The summed E-state index contributed by atoms with van der Waals surface area (Å²) in [5.41, 5.74) is 2.48. The molecule has 0 aliphatic heterocycles. The van der Waals surface area contributed by atoms with E-state index in [9.17, 15) is 9.59 Å². The summed E-state index contributed by atoms with van der Waals surface area (Å²) in [5, 5.41) is 2.89. The first-order valence-corrected chi connectivity index (χ1v) is 11.1. The van der Waals surface area contributed by atoms with Crippen LogP contribution in [0.3, 0.4) is 0 Å². The minimum atomic E-state index is -0.241. The average Bonchev–Trinajstić information content (AvgIpc) is 2.84. The maximum Gasteiger partial charge on any atom is 0.259 e. The van der Waals surface area contributed by atoms with Gasteiger partial charge in [0, 0.05) is 24.0 Å². The molecule has 32 heavy (non-hydrogen) atoms. The minimum absolute atomic E-state index is 0.115. The molecule has 2 amide bonds. The molecule has 0 atom stereocenters. The molecule has 0 heterocycles. The third kappa shape index (κ3) is 6.20. The second-order valence-electron chi connectivity index (χ2n) is 7.64. The number of unbranched alkanes of at least 4 members (excludes halogenated alkanes) is 3. The molecule has 0 fully saturated rings. The predicted molar refractivity (Wildman–Crippen MR) is 130 cm³/mol. The van der Waals surface area contributed by atoms with Crippen molar-refractivity contribution in [3.05, 3.63) is 90.0 Å². The van der Waals surface area contributed by atoms with Crippen LogP contribution in [0.25, 0.3) is 0 Å². The molecule has 5 heteroatoms. The van der Waals surface area contributed by atoms with Gasteiger partial charge in [-0.05, 0) is 55.0 Å². The first-order chi connectivity index (χ1) is 15.6. The van der Waals surface area contributed by atoms with E-state index in [1.165, 1.54) is 12.8 Å². The number of anilines is 2. The Morgan fingerprint density at radius 1 is 0.844 bits per heavy atom. The summed E-state index contributed by atoms with van der Waals surface area (Å²) in [6.07, 6.45) is 4.45. The Labute approximate surface area is 190 Å². The fourth-order valence-corrected chi connectivity index (χ4v) is 3.35. The predicted octanol–water partition coefficient (Wildman–Crippen LogP) is 6.17. The molecule has 3 aromatic carbocycles. The molecule has 0 unspecified atom stereocenters. The van der Waals surface area contributed by atoms with Gasteiger partial charge < -0.3 is 15.0 Å². The number of hydrogen-bond donors (Lipinski definition) is 1. The minimum Gasteiger partial charge on any atom is -0.493 e. The lowest BCUT2D eigenvalue weighted by Crippen LogP contribution is -2.26. The van der Waals surface area contributed by atoms with Crippen molar-refractivity contribution >= 4 is 23.2 Å². The van der Waals surface area contributed by atoms with Crippen LogP contribution in [0, 0.1) is 0 Å². The van der Waals surface area contributed by atoms with Crippen molar-refractivity contribution in [3.8, 4) is 5.75 Å². The second kappa shape index (κ2) is 11.7. The molecule has 0 aliphatic rings. The van der Waals surface area contributed by atoms with Crippen LogP contribution in [0.5, 0.6) is 5.75 Å². The van der Waals surface area contributed by atoms with E-state index < -0.39 is 0 Å². The number of carbonyl (C=O) groups excluding carboxylic acids is 2. The fourth-order valence-electron chi connectivity index (χ4n) is 3.35. The number of benzene rings is 3. The Bertz CT molecular complexity index is 1020. The molecule has 0 saturated heterocycles. The van der Waals surface area contributed by atoms with E-state index in [0.717, 1.165) is 18.5 Å². The zero-order valence-corrected chi connectivity index (χ0v) is 18.7. The number of amides is 2. The molecule has 1 N–H and O–H groups in total. The monoisotopic (exact) mass is 430 g/mol. The summed E-state index contributed by atoms with van der Waals surface area (Å²) in [7, 11) is 1.74. The lowest BCUT2D eigenvalue weighted by atomic mass is 10.1. The van der Waals surface area contributed by atoms with E-state index in [1.807, 2.05) is 48.5 Å². The molecule has 0 spiro atoms. The standard InChI is InChI=1S/C27H30N2O3/c1-3-4-5-11-20-32-25-15-10-9-14-24(25)26(30)28-22-18-16-21(17-19-22)27(31)29(2)23-12-7-6-8-13-23/h6-10,12-19H,3-5,11,20H2,1-2H3,(H,28,30). The highest BCUT2D eigenvalue weighted by molar-refractivity contribution is 6.08. The van der Waals surface area contributed by atoms with Gasteiger partial charge in [-0.2, -0.15) is 0 Å². The van der Waals surface area contributed by atoms with Crippen LogP contribution in [-0.2, 0) is 0 Å². The largest absolute Gasteiger partial charge is 0.493 e. The normalized spacial score (nSPS) is 10.4. The van der Waals surface area contributed by atoms with Gasteiger partial charge in [0.05, 0.1) is 12.2 Å². The van der Waals surface area contributed by atoms with Crippen LogP contribution in [0.2, 0.25) is 0 Å². The van der Waals surface area contributed by atoms with Gasteiger partial charge in [0.15, 0.2) is 0 Å². The van der Waals surface area contributed by atoms with E-state index in [1.54, 1.807) is 42.3 Å². The highest BCUT2D eigenvalue weighted by atomic mass is 16.5. The highest BCUT2D eigenvalue weighted by Crippen LogP contribution is 2.21. The van der Waals surface area contributed by atoms with Crippen molar-refractivity contribution in [2.75, 3.05) is 23.9 Å². The maximum atomic E-state index is 12.8. The first kappa shape index (κ1) is 23.1. The number of hydrogen-bond acceptors (Lipinski definition) is 3. The van der Waals surface area contributed by atoms with E-state index in [4.69, 9.17) is 4.74 Å². The topological polar surface area (TPSA) is 58.6 Å². The number of nitrogens with zero attached hydrogens (tertiary/aromatic N) is 1. The Morgan fingerprint density at radius 2 is 1.53 bits per heavy atom. The quantitative estimate of drug-likeness (QED) is 0.391. The lowest BCUT2D eigenvalue weighted by Gasteiger charge is -2.17. The summed E-state index contributed by atoms with van der Waals surface area (Å²) in [5.74, 6) is 0.225. The van der Waals surface area contributed by atoms with E-state index >= 15 is 0 Å². The van der Waals surface area contributed by atoms with Gasteiger partial charge in [-0.3, -0.25) is 9.59 Å². The van der Waals surface area contributed by atoms with E-state index in [0.29, 0.717) is 29.2 Å². The van der Waals surface area contributed by atoms with Gasteiger partial charge in [-0.25, -0.2) is 0 Å². The molecule has 5 nitrogen and oxygen atoms in total. The molecule has 0 aromatic heterocycles. The van der Waals surface area contributed by atoms with Crippen LogP contribution in [0.4, 0.5) is 11.4 Å². The molecular weight excluding hydrogens is 400 g/mol. The summed E-state index contributed by atoms with van der Waals surface area (Å²) in [4.78, 5) is 27.1. The molecule has 0 aliphatic carbocycles. The van der Waals surface area contributed by atoms with Gasteiger partial charge in [-0.1, -0.05) is 56.5 Å². The zero-order valence-electron chi connectivity index (χ0n) is 18.7. The van der Waals surface area contributed by atoms with Crippen molar-refractivity contribution in [1.82, 2.24) is 0 Å². The zero-order chi connectivity index (χ0) is 22.8. The molecule has 0 saturated carbocycles. The number of nitrogens with one attached hydrogen (secondary N) is 1. The molecule has 166 valence electrons. The fraction of sp³-hybridized carbons (Fsp3) is 0.259. The van der Waals surface area contributed by atoms with Crippen LogP contribution in [0.15, 0.2) is 78.9 Å². The van der Waals surface area contributed by atoms with Gasteiger partial charge >= 0.3 is 0 Å². The van der Waals surface area contributed by atoms with Crippen molar-refractivity contribution in [2.24, 2.45) is 0 Å². The van der Waals surface area contributed by atoms with Crippen LogP contribution in [0.1, 0.15) is 53.3 Å². The molecule has 0 bridgehead atoms.